The molecule has 0 saturated carbocycles. The molecule has 120 valence electrons. The third-order valence-corrected chi connectivity index (χ3v) is 3.80. The number of para-hydroxylation sites is 1. The van der Waals surface area contributed by atoms with Crippen LogP contribution in [0.4, 0.5) is 0 Å². The molecule has 1 aromatic rings. The molecule has 1 aromatic carbocycles. The van der Waals surface area contributed by atoms with Crippen molar-refractivity contribution in [1.82, 2.24) is 5.32 Å². The van der Waals surface area contributed by atoms with Crippen LogP contribution in [0.3, 0.4) is 0 Å². The van der Waals surface area contributed by atoms with Crippen molar-refractivity contribution in [3.8, 4) is 5.75 Å². The number of rotatable bonds is 12. The molecule has 21 heavy (non-hydrogen) atoms. The van der Waals surface area contributed by atoms with Crippen LogP contribution in [0.2, 0.25) is 0 Å². The van der Waals surface area contributed by atoms with E-state index in [1.165, 1.54) is 44.1 Å². The summed E-state index contributed by atoms with van der Waals surface area (Å²) in [5.74, 6) is 1.05. The van der Waals surface area contributed by atoms with Crippen LogP contribution in [0, 0.1) is 0 Å². The van der Waals surface area contributed by atoms with Gasteiger partial charge in [0.05, 0.1) is 6.61 Å². The predicted molar refractivity (Wildman–Crippen MR) is 92.0 cm³/mol. The van der Waals surface area contributed by atoms with E-state index >= 15 is 0 Å². The summed E-state index contributed by atoms with van der Waals surface area (Å²) in [4.78, 5) is 0. The molecular weight excluding hydrogens is 258 g/mol. The number of benzene rings is 1. The number of hydrogen-bond acceptors (Lipinski definition) is 2. The topological polar surface area (TPSA) is 21.3 Å². The molecule has 0 amide bonds. The van der Waals surface area contributed by atoms with Crippen LogP contribution >= 0.6 is 0 Å². The minimum atomic E-state index is 0.421. The third kappa shape index (κ3) is 6.99. The molecule has 0 radical (unpaired) electrons. The molecule has 0 bridgehead atoms. The molecule has 0 aromatic heterocycles. The van der Waals surface area contributed by atoms with Crippen molar-refractivity contribution in [3.05, 3.63) is 29.8 Å². The van der Waals surface area contributed by atoms with Gasteiger partial charge in [-0.25, -0.2) is 0 Å². The van der Waals surface area contributed by atoms with Gasteiger partial charge in [-0.05, 0) is 25.5 Å². The van der Waals surface area contributed by atoms with Crippen LogP contribution < -0.4 is 10.1 Å². The third-order valence-electron chi connectivity index (χ3n) is 3.80. The highest BCUT2D eigenvalue weighted by Gasteiger charge is 2.14. The van der Waals surface area contributed by atoms with Crippen molar-refractivity contribution in [3.63, 3.8) is 0 Å². The standard InChI is InChI=1S/C19H33NO/c1-4-7-8-9-10-14-18(20-6-3)17-13-11-12-15-19(17)21-16-5-2/h11-13,15,18,20H,4-10,14,16H2,1-3H3. The number of unbranched alkanes of at least 4 members (excludes halogenated alkanes) is 4. The van der Waals surface area contributed by atoms with Crippen molar-refractivity contribution < 1.29 is 4.74 Å². The monoisotopic (exact) mass is 291 g/mol. The molecule has 0 aliphatic carbocycles. The molecule has 0 aliphatic rings. The van der Waals surface area contributed by atoms with Crippen molar-refractivity contribution >= 4 is 0 Å². The molecule has 2 nitrogen and oxygen atoms in total. The Kier molecular flexibility index (Phi) is 9.98. The SMILES string of the molecule is CCCCCCCC(NCC)c1ccccc1OCCC. The van der Waals surface area contributed by atoms with Crippen molar-refractivity contribution in [1.29, 1.82) is 0 Å². The van der Waals surface area contributed by atoms with Gasteiger partial charge >= 0.3 is 0 Å². The van der Waals surface area contributed by atoms with Crippen molar-refractivity contribution in [2.45, 2.75) is 71.8 Å². The fraction of sp³-hybridized carbons (Fsp3) is 0.684. The maximum absolute atomic E-state index is 5.92. The largest absolute Gasteiger partial charge is 0.493 e. The summed E-state index contributed by atoms with van der Waals surface area (Å²) in [6.45, 7) is 8.40. The number of nitrogens with one attached hydrogen (secondary N) is 1. The second kappa shape index (κ2) is 11.6. The first-order valence-corrected chi connectivity index (χ1v) is 8.78. The molecule has 0 spiro atoms. The zero-order chi connectivity index (χ0) is 15.3. The lowest BCUT2D eigenvalue weighted by Crippen LogP contribution is -2.21. The molecule has 0 saturated heterocycles. The zero-order valence-electron chi connectivity index (χ0n) is 14.2. The second-order valence-electron chi connectivity index (χ2n) is 5.70. The first-order valence-electron chi connectivity index (χ1n) is 8.78. The predicted octanol–water partition coefficient (Wildman–Crippen LogP) is 5.49. The molecular formula is C19H33NO. The maximum atomic E-state index is 5.92. The van der Waals surface area contributed by atoms with Crippen LogP contribution in [0.1, 0.15) is 77.3 Å². The highest BCUT2D eigenvalue weighted by molar-refractivity contribution is 5.36. The Hall–Kier alpha value is -1.02. The minimum Gasteiger partial charge on any atom is -0.493 e. The Morgan fingerprint density at radius 2 is 1.71 bits per heavy atom. The molecule has 1 N–H and O–H groups in total. The average molecular weight is 291 g/mol. The smallest absolute Gasteiger partial charge is 0.124 e. The van der Waals surface area contributed by atoms with Gasteiger partial charge in [0, 0.05) is 11.6 Å². The summed E-state index contributed by atoms with van der Waals surface area (Å²) < 4.78 is 5.92. The Morgan fingerprint density at radius 1 is 0.952 bits per heavy atom. The van der Waals surface area contributed by atoms with E-state index in [4.69, 9.17) is 4.74 Å². The van der Waals surface area contributed by atoms with E-state index in [1.807, 2.05) is 0 Å². The molecule has 1 rings (SSSR count). The normalized spacial score (nSPS) is 12.3. The molecule has 0 fully saturated rings. The second-order valence-corrected chi connectivity index (χ2v) is 5.70. The summed E-state index contributed by atoms with van der Waals surface area (Å²) in [5.41, 5.74) is 1.32. The molecule has 0 aliphatic heterocycles. The van der Waals surface area contributed by atoms with E-state index in [2.05, 4.69) is 50.4 Å². The molecule has 1 atom stereocenters. The number of hydrogen-bond donors (Lipinski definition) is 1. The average Bonchev–Trinajstić information content (AvgIpc) is 2.52. The highest BCUT2D eigenvalue weighted by atomic mass is 16.5. The molecule has 2 heteroatoms. The van der Waals surface area contributed by atoms with Gasteiger partial charge in [0.15, 0.2) is 0 Å². The lowest BCUT2D eigenvalue weighted by Gasteiger charge is -2.21. The quantitative estimate of drug-likeness (QED) is 0.514. The van der Waals surface area contributed by atoms with Crippen molar-refractivity contribution in [2.75, 3.05) is 13.2 Å². The van der Waals surface area contributed by atoms with E-state index in [9.17, 15) is 0 Å². The first-order chi connectivity index (χ1) is 10.3. The van der Waals surface area contributed by atoms with E-state index in [1.54, 1.807) is 0 Å². The van der Waals surface area contributed by atoms with E-state index in [0.29, 0.717) is 6.04 Å². The highest BCUT2D eigenvalue weighted by Crippen LogP contribution is 2.29. The van der Waals surface area contributed by atoms with E-state index in [0.717, 1.165) is 25.3 Å². The van der Waals surface area contributed by atoms with Gasteiger partial charge in [0.1, 0.15) is 5.75 Å². The van der Waals surface area contributed by atoms with Crippen LogP contribution in [0.15, 0.2) is 24.3 Å². The van der Waals surface area contributed by atoms with Gasteiger partial charge in [-0.3, -0.25) is 0 Å². The molecule has 0 heterocycles. The Morgan fingerprint density at radius 3 is 2.43 bits per heavy atom. The van der Waals surface area contributed by atoms with Crippen LogP contribution in [-0.4, -0.2) is 13.2 Å². The van der Waals surface area contributed by atoms with E-state index in [-0.39, 0.29) is 0 Å². The fourth-order valence-electron chi connectivity index (χ4n) is 2.68. The van der Waals surface area contributed by atoms with Gasteiger partial charge in [-0.2, -0.15) is 0 Å². The van der Waals surface area contributed by atoms with Gasteiger partial charge < -0.3 is 10.1 Å². The summed E-state index contributed by atoms with van der Waals surface area (Å²) in [7, 11) is 0. The Labute approximate surface area is 131 Å². The summed E-state index contributed by atoms with van der Waals surface area (Å²) in [6, 6.07) is 8.93. The number of ether oxygens (including phenoxy) is 1. The van der Waals surface area contributed by atoms with Gasteiger partial charge in [0.2, 0.25) is 0 Å². The summed E-state index contributed by atoms with van der Waals surface area (Å²) in [5, 5.41) is 3.63. The van der Waals surface area contributed by atoms with Crippen LogP contribution in [0.5, 0.6) is 5.75 Å². The van der Waals surface area contributed by atoms with Gasteiger partial charge in [0.25, 0.3) is 0 Å². The Balaban J connectivity index is 2.61. The zero-order valence-corrected chi connectivity index (χ0v) is 14.2. The van der Waals surface area contributed by atoms with E-state index < -0.39 is 0 Å². The maximum Gasteiger partial charge on any atom is 0.124 e. The minimum absolute atomic E-state index is 0.421. The lowest BCUT2D eigenvalue weighted by molar-refractivity contribution is 0.308. The molecule has 1 unspecified atom stereocenters. The van der Waals surface area contributed by atoms with Gasteiger partial charge in [-0.1, -0.05) is 71.1 Å². The van der Waals surface area contributed by atoms with Crippen LogP contribution in [-0.2, 0) is 0 Å². The van der Waals surface area contributed by atoms with Crippen LogP contribution in [0.25, 0.3) is 0 Å². The first kappa shape index (κ1) is 18.0. The Bertz CT molecular complexity index is 364. The fourth-order valence-corrected chi connectivity index (χ4v) is 2.68. The summed E-state index contributed by atoms with van der Waals surface area (Å²) in [6.07, 6.45) is 8.92. The van der Waals surface area contributed by atoms with Gasteiger partial charge in [-0.15, -0.1) is 0 Å². The summed E-state index contributed by atoms with van der Waals surface area (Å²) >= 11 is 0. The van der Waals surface area contributed by atoms with Crippen molar-refractivity contribution in [2.24, 2.45) is 0 Å². The lowest BCUT2D eigenvalue weighted by atomic mass is 9.99.